The van der Waals surface area contributed by atoms with Crippen molar-refractivity contribution in [2.24, 2.45) is 0 Å². The van der Waals surface area contributed by atoms with E-state index in [0.29, 0.717) is 12.8 Å². The highest BCUT2D eigenvalue weighted by Gasteiger charge is 1.85. The van der Waals surface area contributed by atoms with Gasteiger partial charge in [-0.25, -0.2) is 0 Å². The van der Waals surface area contributed by atoms with Crippen LogP contribution in [-0.2, 0) is 4.79 Å². The minimum Gasteiger partial charge on any atom is -0.550 e. The van der Waals surface area contributed by atoms with E-state index in [1.54, 1.807) is 0 Å². The van der Waals surface area contributed by atoms with Gasteiger partial charge in [0.25, 0.3) is 0 Å². The molecule has 0 spiro atoms. The van der Waals surface area contributed by atoms with Crippen LogP contribution in [0.1, 0.15) is 25.7 Å². The molecule has 0 heterocycles. The fourth-order valence-corrected chi connectivity index (χ4v) is 0.496. The third kappa shape index (κ3) is 7.03. The normalized spacial score (nSPS) is 8.33. The third-order valence-electron chi connectivity index (χ3n) is 0.952. The van der Waals surface area contributed by atoms with E-state index in [1.165, 1.54) is 0 Å². The summed E-state index contributed by atoms with van der Waals surface area (Å²) in [6, 6.07) is 0. The molecule has 0 atom stereocenters. The molecule has 0 aromatic carbocycles. The largest absolute Gasteiger partial charge is 0.550 e. The lowest BCUT2D eigenvalue weighted by atomic mass is 10.2. The van der Waals surface area contributed by atoms with Gasteiger partial charge < -0.3 is 9.90 Å². The third-order valence-corrected chi connectivity index (χ3v) is 0.952. The smallest absolute Gasteiger partial charge is 0.0414 e. The summed E-state index contributed by atoms with van der Waals surface area (Å²) in [5, 5.41) is 9.80. The Labute approximate surface area is 54.9 Å². The molecule has 0 aromatic rings. The number of terminal acetylenes is 1. The lowest BCUT2D eigenvalue weighted by molar-refractivity contribution is -0.305. The van der Waals surface area contributed by atoms with Gasteiger partial charge in [0.15, 0.2) is 0 Å². The molecular formula is C7H9O2-. The highest BCUT2D eigenvalue weighted by molar-refractivity contribution is 5.64. The zero-order valence-corrected chi connectivity index (χ0v) is 5.22. The van der Waals surface area contributed by atoms with Gasteiger partial charge in [-0.1, -0.05) is 0 Å². The summed E-state index contributed by atoms with van der Waals surface area (Å²) < 4.78 is 0. The van der Waals surface area contributed by atoms with Crippen LogP contribution in [0.5, 0.6) is 0 Å². The Morgan fingerprint density at radius 3 is 2.67 bits per heavy atom. The zero-order chi connectivity index (χ0) is 7.11. The van der Waals surface area contributed by atoms with E-state index in [4.69, 9.17) is 6.42 Å². The van der Waals surface area contributed by atoms with Crippen molar-refractivity contribution >= 4 is 5.97 Å². The standard InChI is InChI=1S/C7H10O2/c1-2-3-4-5-6-7(8)9/h1H,3-6H2,(H,8,9)/p-1. The molecule has 0 N–H and O–H groups in total. The number of carboxylic acids is 1. The minimum absolute atomic E-state index is 0.127. The van der Waals surface area contributed by atoms with Gasteiger partial charge in [0, 0.05) is 12.4 Å². The molecule has 0 aliphatic carbocycles. The Morgan fingerprint density at radius 1 is 1.56 bits per heavy atom. The summed E-state index contributed by atoms with van der Waals surface area (Å²) in [6.45, 7) is 0. The Hall–Kier alpha value is -0.970. The van der Waals surface area contributed by atoms with Gasteiger partial charge in [-0.3, -0.25) is 0 Å². The Balaban J connectivity index is 2.94. The zero-order valence-electron chi connectivity index (χ0n) is 5.22. The molecule has 2 heteroatoms. The van der Waals surface area contributed by atoms with Crippen LogP contribution >= 0.6 is 0 Å². The topological polar surface area (TPSA) is 40.1 Å². The summed E-state index contributed by atoms with van der Waals surface area (Å²) in [5.41, 5.74) is 0. The highest BCUT2D eigenvalue weighted by atomic mass is 16.4. The first-order valence-corrected chi connectivity index (χ1v) is 2.90. The molecule has 0 aromatic heterocycles. The van der Waals surface area contributed by atoms with Crippen LogP contribution in [0, 0.1) is 12.3 Å². The van der Waals surface area contributed by atoms with Crippen LogP contribution in [0.25, 0.3) is 0 Å². The van der Waals surface area contributed by atoms with Crippen LogP contribution in [0.15, 0.2) is 0 Å². The summed E-state index contributed by atoms with van der Waals surface area (Å²) in [6.07, 6.45) is 7.13. The van der Waals surface area contributed by atoms with Crippen molar-refractivity contribution in [1.82, 2.24) is 0 Å². The second-order valence-corrected chi connectivity index (χ2v) is 1.78. The number of hydrogen-bond donors (Lipinski definition) is 0. The molecule has 9 heavy (non-hydrogen) atoms. The molecule has 0 radical (unpaired) electrons. The Kier molecular flexibility index (Phi) is 4.61. The van der Waals surface area contributed by atoms with Crippen LogP contribution < -0.4 is 5.11 Å². The quantitative estimate of drug-likeness (QED) is 0.390. The van der Waals surface area contributed by atoms with Gasteiger partial charge in [0.1, 0.15) is 0 Å². The first kappa shape index (κ1) is 8.03. The molecule has 2 nitrogen and oxygen atoms in total. The van der Waals surface area contributed by atoms with Gasteiger partial charge in [-0.2, -0.15) is 0 Å². The fraction of sp³-hybridized carbons (Fsp3) is 0.571. The number of hydrogen-bond acceptors (Lipinski definition) is 2. The minimum atomic E-state index is -0.993. The molecule has 0 aliphatic rings. The van der Waals surface area contributed by atoms with Gasteiger partial charge in [0.05, 0.1) is 0 Å². The molecule has 0 bridgehead atoms. The van der Waals surface area contributed by atoms with Gasteiger partial charge in [-0.15, -0.1) is 12.3 Å². The predicted molar refractivity (Wildman–Crippen MR) is 32.3 cm³/mol. The van der Waals surface area contributed by atoms with Crippen LogP contribution in [0.2, 0.25) is 0 Å². The second kappa shape index (κ2) is 5.17. The van der Waals surface area contributed by atoms with E-state index in [-0.39, 0.29) is 6.42 Å². The number of aliphatic carboxylic acids is 1. The lowest BCUT2D eigenvalue weighted by Gasteiger charge is -1.97. The molecule has 0 aliphatic heterocycles. The van der Waals surface area contributed by atoms with Crippen molar-refractivity contribution in [2.45, 2.75) is 25.7 Å². The number of rotatable bonds is 4. The molecule has 0 saturated carbocycles. The molecule has 0 amide bonds. The SMILES string of the molecule is C#CCCCCC(=O)[O-]. The summed E-state index contributed by atoms with van der Waals surface area (Å²) in [5.74, 6) is 1.43. The maximum atomic E-state index is 9.80. The van der Waals surface area contributed by atoms with Crippen LogP contribution in [0.3, 0.4) is 0 Å². The van der Waals surface area contributed by atoms with Gasteiger partial charge >= 0.3 is 0 Å². The average Bonchev–Trinajstić information content (AvgIpc) is 1.80. The molecular weight excluding hydrogens is 116 g/mol. The summed E-state index contributed by atoms with van der Waals surface area (Å²) >= 11 is 0. The highest BCUT2D eigenvalue weighted by Crippen LogP contribution is 1.96. The first-order chi connectivity index (χ1) is 4.27. The maximum Gasteiger partial charge on any atom is 0.0414 e. The van der Waals surface area contributed by atoms with E-state index in [2.05, 4.69) is 5.92 Å². The van der Waals surface area contributed by atoms with Gasteiger partial charge in [0.2, 0.25) is 0 Å². The number of carboxylic acid groups (broad SMARTS) is 1. The second-order valence-electron chi connectivity index (χ2n) is 1.78. The van der Waals surface area contributed by atoms with E-state index in [0.717, 1.165) is 6.42 Å². The average molecular weight is 125 g/mol. The Morgan fingerprint density at radius 2 is 2.22 bits per heavy atom. The van der Waals surface area contributed by atoms with E-state index >= 15 is 0 Å². The maximum absolute atomic E-state index is 9.80. The van der Waals surface area contributed by atoms with Crippen molar-refractivity contribution in [2.75, 3.05) is 0 Å². The summed E-state index contributed by atoms with van der Waals surface area (Å²) in [7, 11) is 0. The molecule has 0 saturated heterocycles. The van der Waals surface area contributed by atoms with Crippen molar-refractivity contribution in [3.8, 4) is 12.3 Å². The number of carbonyl (C=O) groups is 1. The van der Waals surface area contributed by atoms with E-state index in [1.807, 2.05) is 0 Å². The van der Waals surface area contributed by atoms with Crippen molar-refractivity contribution < 1.29 is 9.90 Å². The predicted octanol–water partition coefficient (Wildman–Crippen LogP) is -0.0701. The molecule has 50 valence electrons. The first-order valence-electron chi connectivity index (χ1n) is 2.90. The van der Waals surface area contributed by atoms with Gasteiger partial charge in [-0.05, 0) is 19.3 Å². The van der Waals surface area contributed by atoms with Crippen molar-refractivity contribution in [3.63, 3.8) is 0 Å². The summed E-state index contributed by atoms with van der Waals surface area (Å²) in [4.78, 5) is 9.80. The van der Waals surface area contributed by atoms with E-state index in [9.17, 15) is 9.90 Å². The van der Waals surface area contributed by atoms with Crippen LogP contribution in [-0.4, -0.2) is 5.97 Å². The van der Waals surface area contributed by atoms with E-state index < -0.39 is 5.97 Å². The van der Waals surface area contributed by atoms with Crippen molar-refractivity contribution in [3.05, 3.63) is 0 Å². The number of unbranched alkanes of at least 4 members (excludes halogenated alkanes) is 2. The molecule has 0 unspecified atom stereocenters. The molecule has 0 rings (SSSR count). The monoisotopic (exact) mass is 125 g/mol. The lowest BCUT2D eigenvalue weighted by Crippen LogP contribution is -2.21. The Bertz CT molecular complexity index is 121. The number of carbonyl (C=O) groups excluding carboxylic acids is 1. The fourth-order valence-electron chi connectivity index (χ4n) is 0.496. The van der Waals surface area contributed by atoms with Crippen molar-refractivity contribution in [1.29, 1.82) is 0 Å². The van der Waals surface area contributed by atoms with Crippen LogP contribution in [0.4, 0.5) is 0 Å². The molecule has 0 fully saturated rings.